The lowest BCUT2D eigenvalue weighted by Crippen LogP contribution is -2.22. The molecular formula is C24H68O5. The molecule has 5 nitrogen and oxygen atoms in total. The van der Waals surface area contributed by atoms with E-state index < -0.39 is 12.1 Å². The molecule has 0 rings (SSSR count). The molecule has 0 radical (unpaired) electrons. The summed E-state index contributed by atoms with van der Waals surface area (Å²) in [6.45, 7) is 8.13. The lowest BCUT2D eigenvalue weighted by molar-refractivity contribution is -0.155. The zero-order valence-electron chi connectivity index (χ0n) is 12.6. The summed E-state index contributed by atoms with van der Waals surface area (Å²) in [5.41, 5.74) is 0. The number of esters is 2. The molecule has 0 bridgehead atoms. The monoisotopic (exact) mass is 437 g/mol. The fraction of sp³-hybridized carbons (Fsp3) is 0.917. The minimum absolute atomic E-state index is 0. The van der Waals surface area contributed by atoms with Crippen molar-refractivity contribution in [3.63, 3.8) is 0 Å². The molecule has 0 saturated carbocycles. The Labute approximate surface area is 190 Å². The maximum absolute atomic E-state index is 11.2. The van der Waals surface area contributed by atoms with E-state index in [0.717, 1.165) is 6.42 Å². The fourth-order valence-electron chi connectivity index (χ4n) is 1.07. The van der Waals surface area contributed by atoms with E-state index in [0.29, 0.717) is 13.0 Å². The largest absolute Gasteiger partial charge is 0.466 e. The van der Waals surface area contributed by atoms with Crippen LogP contribution in [0.25, 0.3) is 0 Å². The highest BCUT2D eigenvalue weighted by atomic mass is 16.6. The summed E-state index contributed by atoms with van der Waals surface area (Å²) in [7, 11) is 0. The van der Waals surface area contributed by atoms with Crippen molar-refractivity contribution in [3.8, 4) is 0 Å². The SMILES string of the molecule is C.C.C.C.C.C.C.C.C.C.CCC.CCCOC(=O)CC(CC)OC(=O)CCO. The number of carbonyl (C=O) groups is 2. The summed E-state index contributed by atoms with van der Waals surface area (Å²) in [6, 6.07) is 0. The Morgan fingerprint density at radius 1 is 0.759 bits per heavy atom. The Bertz CT molecular complexity index is 231. The third kappa shape index (κ3) is 66.0. The highest BCUT2D eigenvalue weighted by molar-refractivity contribution is 5.72. The Morgan fingerprint density at radius 3 is 1.41 bits per heavy atom. The van der Waals surface area contributed by atoms with E-state index in [9.17, 15) is 9.59 Å². The van der Waals surface area contributed by atoms with Crippen molar-refractivity contribution in [3.05, 3.63) is 0 Å². The smallest absolute Gasteiger partial charge is 0.309 e. The van der Waals surface area contributed by atoms with Gasteiger partial charge in [-0.05, 0) is 12.8 Å². The number of aliphatic hydroxyl groups excluding tert-OH is 1. The molecule has 0 aliphatic carbocycles. The van der Waals surface area contributed by atoms with Crippen LogP contribution in [-0.4, -0.2) is 36.4 Å². The van der Waals surface area contributed by atoms with Gasteiger partial charge >= 0.3 is 11.9 Å². The number of aliphatic hydroxyl groups is 1. The molecule has 0 aliphatic heterocycles. The molecule has 0 heterocycles. The quantitative estimate of drug-likeness (QED) is 0.385. The van der Waals surface area contributed by atoms with Crippen LogP contribution >= 0.6 is 0 Å². The third-order valence-corrected chi connectivity index (χ3v) is 1.93. The predicted molar refractivity (Wildman–Crippen MR) is 141 cm³/mol. The lowest BCUT2D eigenvalue weighted by Gasteiger charge is -2.15. The minimum atomic E-state index is -0.488. The molecule has 0 amide bonds. The highest BCUT2D eigenvalue weighted by Gasteiger charge is 2.17. The van der Waals surface area contributed by atoms with E-state index in [4.69, 9.17) is 14.6 Å². The number of rotatable bonds is 8. The first-order valence-corrected chi connectivity index (χ1v) is 7.01. The second kappa shape index (κ2) is 63.2. The van der Waals surface area contributed by atoms with Crippen LogP contribution in [0.3, 0.4) is 0 Å². The molecule has 1 unspecified atom stereocenters. The van der Waals surface area contributed by atoms with Crippen molar-refractivity contribution >= 4 is 11.9 Å². The fourth-order valence-corrected chi connectivity index (χ4v) is 1.07. The van der Waals surface area contributed by atoms with Gasteiger partial charge in [0, 0.05) is 0 Å². The second-order valence-electron chi connectivity index (χ2n) is 4.13. The molecule has 0 aromatic heterocycles. The van der Waals surface area contributed by atoms with Gasteiger partial charge in [0.05, 0.1) is 26.1 Å². The summed E-state index contributed by atoms with van der Waals surface area (Å²) in [4.78, 5) is 22.3. The van der Waals surface area contributed by atoms with Crippen molar-refractivity contribution < 1.29 is 24.2 Å². The van der Waals surface area contributed by atoms with Gasteiger partial charge in [0.2, 0.25) is 0 Å². The maximum Gasteiger partial charge on any atom is 0.309 e. The molecule has 29 heavy (non-hydrogen) atoms. The number of ether oxygens (including phenoxy) is 2. The molecule has 0 spiro atoms. The van der Waals surface area contributed by atoms with Crippen molar-refractivity contribution in [1.82, 2.24) is 0 Å². The first-order valence-electron chi connectivity index (χ1n) is 7.01. The van der Waals surface area contributed by atoms with Crippen LogP contribution in [0.15, 0.2) is 0 Å². The third-order valence-electron chi connectivity index (χ3n) is 1.93. The van der Waals surface area contributed by atoms with E-state index >= 15 is 0 Å². The molecule has 0 aromatic carbocycles. The minimum Gasteiger partial charge on any atom is -0.466 e. The Morgan fingerprint density at radius 2 is 1.14 bits per heavy atom. The highest BCUT2D eigenvalue weighted by Crippen LogP contribution is 2.06. The summed E-state index contributed by atoms with van der Waals surface area (Å²) in [5, 5.41) is 8.53. The topological polar surface area (TPSA) is 72.8 Å². The lowest BCUT2D eigenvalue weighted by atomic mass is 10.2. The Hall–Kier alpha value is -1.10. The van der Waals surface area contributed by atoms with E-state index in [2.05, 4.69) is 13.8 Å². The average Bonchev–Trinajstić information content (AvgIpc) is 2.36. The van der Waals surface area contributed by atoms with E-state index in [1.165, 1.54) is 6.42 Å². The van der Waals surface area contributed by atoms with Crippen LogP contribution in [0, 0.1) is 0 Å². The first kappa shape index (κ1) is 79.9. The van der Waals surface area contributed by atoms with Crippen LogP contribution in [0.4, 0.5) is 0 Å². The van der Waals surface area contributed by atoms with Gasteiger partial charge in [-0.1, -0.05) is 108 Å². The molecule has 5 heteroatoms. The predicted octanol–water partition coefficient (Wildman–Crippen LogP) is 8.81. The number of hydrogen-bond acceptors (Lipinski definition) is 5. The molecule has 1 atom stereocenters. The summed E-state index contributed by atoms with van der Waals surface area (Å²) in [6.07, 6.45) is 2.16. The summed E-state index contributed by atoms with van der Waals surface area (Å²) >= 11 is 0. The van der Waals surface area contributed by atoms with Crippen molar-refractivity contribution in [2.75, 3.05) is 13.2 Å². The molecule has 194 valence electrons. The molecule has 0 fully saturated rings. The van der Waals surface area contributed by atoms with E-state index in [-0.39, 0.29) is 99.7 Å². The number of hydrogen-bond donors (Lipinski definition) is 1. The molecular weight excluding hydrogens is 368 g/mol. The van der Waals surface area contributed by atoms with Gasteiger partial charge in [-0.2, -0.15) is 0 Å². The molecule has 0 saturated heterocycles. The van der Waals surface area contributed by atoms with Gasteiger partial charge in [-0.25, -0.2) is 0 Å². The Kier molecular flexibility index (Phi) is 174. The van der Waals surface area contributed by atoms with Gasteiger partial charge in [0.15, 0.2) is 0 Å². The summed E-state index contributed by atoms with van der Waals surface area (Å²) in [5.74, 6) is -0.844. The van der Waals surface area contributed by atoms with E-state index in [1.807, 2.05) is 13.8 Å². The van der Waals surface area contributed by atoms with Crippen LogP contribution in [0.1, 0.15) is 134 Å². The van der Waals surface area contributed by atoms with Gasteiger partial charge in [-0.3, -0.25) is 9.59 Å². The number of carbonyl (C=O) groups excluding carboxylic acids is 2. The van der Waals surface area contributed by atoms with Crippen molar-refractivity contribution in [2.45, 2.75) is 140 Å². The zero-order valence-corrected chi connectivity index (χ0v) is 12.6. The molecule has 0 aliphatic rings. The van der Waals surface area contributed by atoms with Gasteiger partial charge in [-0.15, -0.1) is 0 Å². The van der Waals surface area contributed by atoms with Crippen molar-refractivity contribution in [2.24, 2.45) is 0 Å². The molecule has 1 N–H and O–H groups in total. The van der Waals surface area contributed by atoms with Crippen molar-refractivity contribution in [1.29, 1.82) is 0 Å². The first-order chi connectivity index (χ1) is 9.05. The van der Waals surface area contributed by atoms with E-state index in [1.54, 1.807) is 0 Å². The standard InChI is InChI=1S/C11H20O5.C3H8.10CH4/c1-3-7-15-11(14)8-9(4-2)16-10(13)5-6-12;1-3-2;;;;;;;;;;/h9,12H,3-8H2,1-2H3;3H2,1-2H3;10*1H4. The second-order valence-corrected chi connectivity index (χ2v) is 4.13. The van der Waals surface area contributed by atoms with Gasteiger partial charge in [0.25, 0.3) is 0 Å². The normalized spacial score (nSPS) is 7.21. The average molecular weight is 437 g/mol. The van der Waals surface area contributed by atoms with Crippen LogP contribution in [-0.2, 0) is 19.1 Å². The van der Waals surface area contributed by atoms with Gasteiger partial charge < -0.3 is 14.6 Å². The zero-order chi connectivity index (χ0) is 15.1. The van der Waals surface area contributed by atoms with Crippen LogP contribution < -0.4 is 0 Å². The van der Waals surface area contributed by atoms with Crippen LogP contribution in [0.2, 0.25) is 0 Å². The molecule has 0 aromatic rings. The summed E-state index contributed by atoms with van der Waals surface area (Å²) < 4.78 is 9.88. The van der Waals surface area contributed by atoms with Crippen LogP contribution in [0.5, 0.6) is 0 Å². The van der Waals surface area contributed by atoms with Gasteiger partial charge in [0.1, 0.15) is 6.10 Å². The maximum atomic E-state index is 11.2. The Balaban J connectivity index is -0.0000000209.